The van der Waals surface area contributed by atoms with E-state index < -0.39 is 0 Å². The standard InChI is InChI=1S/C20H21N5O3/c1-14-10-18(23-28-14)20(27)24-8-4-15(5-9-24)12-25-13-22-17(11-19(25)26)16-2-6-21-7-3-16/h2-3,6-7,10-11,13,15H,4-5,8-9,12H2,1H3. The average molecular weight is 379 g/mol. The molecule has 8 nitrogen and oxygen atoms in total. The number of aromatic nitrogens is 4. The van der Waals surface area contributed by atoms with E-state index in [0.29, 0.717) is 42.7 Å². The van der Waals surface area contributed by atoms with Crippen LogP contribution in [-0.4, -0.2) is 43.6 Å². The molecule has 1 saturated heterocycles. The van der Waals surface area contributed by atoms with Crippen molar-refractivity contribution in [2.45, 2.75) is 26.3 Å². The minimum atomic E-state index is -0.101. The zero-order valence-corrected chi connectivity index (χ0v) is 15.6. The van der Waals surface area contributed by atoms with Gasteiger partial charge in [0.25, 0.3) is 11.5 Å². The number of carbonyl (C=O) groups is 1. The Morgan fingerprint density at radius 2 is 1.96 bits per heavy atom. The maximum absolute atomic E-state index is 12.5. The molecule has 28 heavy (non-hydrogen) atoms. The summed E-state index contributed by atoms with van der Waals surface area (Å²) in [5.74, 6) is 0.852. The Kier molecular flexibility index (Phi) is 5.01. The Morgan fingerprint density at radius 3 is 2.61 bits per heavy atom. The van der Waals surface area contributed by atoms with Crippen LogP contribution in [0.4, 0.5) is 0 Å². The van der Waals surface area contributed by atoms with Crippen LogP contribution in [0.3, 0.4) is 0 Å². The Labute approximate surface area is 161 Å². The zero-order chi connectivity index (χ0) is 19.5. The van der Waals surface area contributed by atoms with Crippen LogP contribution < -0.4 is 5.56 Å². The highest BCUT2D eigenvalue weighted by Crippen LogP contribution is 2.21. The number of hydrogen-bond acceptors (Lipinski definition) is 6. The largest absolute Gasteiger partial charge is 0.361 e. The summed E-state index contributed by atoms with van der Waals surface area (Å²) in [6, 6.07) is 6.87. The summed E-state index contributed by atoms with van der Waals surface area (Å²) in [6.45, 7) is 3.66. The van der Waals surface area contributed by atoms with Gasteiger partial charge in [-0.3, -0.25) is 19.1 Å². The summed E-state index contributed by atoms with van der Waals surface area (Å²) in [6.07, 6.45) is 6.63. The smallest absolute Gasteiger partial charge is 0.276 e. The lowest BCUT2D eigenvalue weighted by molar-refractivity contribution is 0.0672. The number of nitrogens with zero attached hydrogens (tertiary/aromatic N) is 5. The lowest BCUT2D eigenvalue weighted by Gasteiger charge is -2.31. The number of pyridine rings is 1. The van der Waals surface area contributed by atoms with Crippen LogP contribution in [0.25, 0.3) is 11.3 Å². The minimum Gasteiger partial charge on any atom is -0.361 e. The maximum Gasteiger partial charge on any atom is 0.276 e. The van der Waals surface area contributed by atoms with Crippen LogP contribution in [0, 0.1) is 12.8 Å². The van der Waals surface area contributed by atoms with E-state index in [1.165, 1.54) is 0 Å². The van der Waals surface area contributed by atoms with E-state index in [4.69, 9.17) is 4.52 Å². The molecule has 4 heterocycles. The van der Waals surface area contributed by atoms with Crippen LogP contribution in [0.2, 0.25) is 0 Å². The van der Waals surface area contributed by atoms with Crippen molar-refractivity contribution in [1.29, 1.82) is 0 Å². The fraction of sp³-hybridized carbons (Fsp3) is 0.350. The lowest BCUT2D eigenvalue weighted by Crippen LogP contribution is -2.40. The lowest BCUT2D eigenvalue weighted by atomic mass is 9.96. The highest BCUT2D eigenvalue weighted by molar-refractivity contribution is 5.92. The van der Waals surface area contributed by atoms with Gasteiger partial charge in [0.15, 0.2) is 5.69 Å². The van der Waals surface area contributed by atoms with Gasteiger partial charge in [0, 0.05) is 49.7 Å². The van der Waals surface area contributed by atoms with Crippen molar-refractivity contribution in [3.05, 3.63) is 64.8 Å². The van der Waals surface area contributed by atoms with Crippen LogP contribution >= 0.6 is 0 Å². The number of hydrogen-bond donors (Lipinski definition) is 0. The third kappa shape index (κ3) is 3.85. The molecule has 144 valence electrons. The van der Waals surface area contributed by atoms with Crippen molar-refractivity contribution in [1.82, 2.24) is 24.6 Å². The SMILES string of the molecule is Cc1cc(C(=O)N2CCC(Cn3cnc(-c4ccncc4)cc3=O)CC2)no1. The second-order valence-electron chi connectivity index (χ2n) is 7.06. The van der Waals surface area contributed by atoms with Crippen LogP contribution in [-0.2, 0) is 6.54 Å². The summed E-state index contributed by atoms with van der Waals surface area (Å²) in [5.41, 5.74) is 1.79. The molecule has 0 unspecified atom stereocenters. The maximum atomic E-state index is 12.5. The van der Waals surface area contributed by atoms with E-state index >= 15 is 0 Å². The molecule has 0 aromatic carbocycles. The van der Waals surface area contributed by atoms with Crippen LogP contribution in [0.5, 0.6) is 0 Å². The third-order valence-corrected chi connectivity index (χ3v) is 5.06. The number of carbonyl (C=O) groups excluding carboxylic acids is 1. The van der Waals surface area contributed by atoms with E-state index in [-0.39, 0.29) is 11.5 Å². The molecular weight excluding hydrogens is 358 g/mol. The molecule has 1 aliphatic heterocycles. The summed E-state index contributed by atoms with van der Waals surface area (Å²) in [7, 11) is 0. The van der Waals surface area contributed by atoms with E-state index in [0.717, 1.165) is 18.4 Å². The molecule has 3 aromatic rings. The molecular formula is C20H21N5O3. The van der Waals surface area contributed by atoms with Gasteiger partial charge in [0.2, 0.25) is 0 Å². The number of piperidine rings is 1. The van der Waals surface area contributed by atoms with E-state index in [1.807, 2.05) is 12.1 Å². The third-order valence-electron chi connectivity index (χ3n) is 5.06. The normalized spacial score (nSPS) is 15.0. The predicted octanol–water partition coefficient (Wildman–Crippen LogP) is 2.15. The first kappa shape index (κ1) is 18.1. The Bertz CT molecular complexity index is 1020. The zero-order valence-electron chi connectivity index (χ0n) is 15.6. The van der Waals surface area contributed by atoms with Crippen molar-refractivity contribution >= 4 is 5.91 Å². The van der Waals surface area contributed by atoms with Crippen molar-refractivity contribution in [3.8, 4) is 11.3 Å². The highest BCUT2D eigenvalue weighted by atomic mass is 16.5. The van der Waals surface area contributed by atoms with Gasteiger partial charge in [-0.2, -0.15) is 0 Å². The minimum absolute atomic E-state index is 0.0709. The number of aryl methyl sites for hydroxylation is 1. The Morgan fingerprint density at radius 1 is 1.21 bits per heavy atom. The van der Waals surface area contributed by atoms with Gasteiger partial charge < -0.3 is 9.42 Å². The van der Waals surface area contributed by atoms with Crippen LogP contribution in [0.15, 0.2) is 52.3 Å². The molecule has 0 N–H and O–H groups in total. The fourth-order valence-electron chi connectivity index (χ4n) is 3.47. The molecule has 1 fully saturated rings. The second-order valence-corrected chi connectivity index (χ2v) is 7.06. The van der Waals surface area contributed by atoms with Gasteiger partial charge >= 0.3 is 0 Å². The monoisotopic (exact) mass is 379 g/mol. The van der Waals surface area contributed by atoms with Gasteiger partial charge in [-0.15, -0.1) is 0 Å². The van der Waals surface area contributed by atoms with Gasteiger partial charge in [0.05, 0.1) is 12.0 Å². The van der Waals surface area contributed by atoms with Gasteiger partial charge in [-0.25, -0.2) is 4.98 Å². The molecule has 1 amide bonds. The van der Waals surface area contributed by atoms with Crippen molar-refractivity contribution in [3.63, 3.8) is 0 Å². The van der Waals surface area contributed by atoms with Gasteiger partial charge in [-0.05, 0) is 37.8 Å². The molecule has 4 rings (SSSR count). The molecule has 0 radical (unpaired) electrons. The molecule has 0 spiro atoms. The van der Waals surface area contributed by atoms with Crippen molar-refractivity contribution in [2.24, 2.45) is 5.92 Å². The van der Waals surface area contributed by atoms with Gasteiger partial charge in [0.1, 0.15) is 5.76 Å². The number of amides is 1. The first-order valence-electron chi connectivity index (χ1n) is 9.29. The topological polar surface area (TPSA) is 94.1 Å². The van der Waals surface area contributed by atoms with Crippen LogP contribution in [0.1, 0.15) is 29.1 Å². The number of rotatable bonds is 4. The second kappa shape index (κ2) is 7.75. The molecule has 3 aromatic heterocycles. The first-order chi connectivity index (χ1) is 13.6. The molecule has 0 saturated carbocycles. The summed E-state index contributed by atoms with van der Waals surface area (Å²) in [5, 5.41) is 3.80. The molecule has 0 bridgehead atoms. The van der Waals surface area contributed by atoms with Crippen molar-refractivity contribution in [2.75, 3.05) is 13.1 Å². The Hall–Kier alpha value is -3.29. The van der Waals surface area contributed by atoms with E-state index in [2.05, 4.69) is 15.1 Å². The van der Waals surface area contributed by atoms with E-state index in [9.17, 15) is 9.59 Å². The molecule has 0 aliphatic carbocycles. The van der Waals surface area contributed by atoms with Gasteiger partial charge in [-0.1, -0.05) is 5.16 Å². The first-order valence-corrected chi connectivity index (χ1v) is 9.29. The summed E-state index contributed by atoms with van der Waals surface area (Å²) < 4.78 is 6.63. The number of likely N-dealkylation sites (tertiary alicyclic amines) is 1. The summed E-state index contributed by atoms with van der Waals surface area (Å²) >= 11 is 0. The van der Waals surface area contributed by atoms with E-state index in [1.54, 1.807) is 47.2 Å². The average Bonchev–Trinajstić information content (AvgIpc) is 3.16. The fourth-order valence-corrected chi connectivity index (χ4v) is 3.47. The molecule has 1 aliphatic rings. The summed E-state index contributed by atoms with van der Waals surface area (Å²) in [4.78, 5) is 35.1. The molecule has 8 heteroatoms. The highest BCUT2D eigenvalue weighted by Gasteiger charge is 2.25. The quantitative estimate of drug-likeness (QED) is 0.689. The Balaban J connectivity index is 1.37. The van der Waals surface area contributed by atoms with Crippen molar-refractivity contribution < 1.29 is 9.32 Å². The predicted molar refractivity (Wildman–Crippen MR) is 102 cm³/mol. The molecule has 0 atom stereocenters.